The molecule has 0 fully saturated rings. The van der Waals surface area contributed by atoms with Gasteiger partial charge in [0.15, 0.2) is 5.69 Å². The summed E-state index contributed by atoms with van der Waals surface area (Å²) in [5.74, 6) is -0.267. The van der Waals surface area contributed by atoms with Crippen LogP contribution in [0.25, 0.3) is 11.0 Å². The van der Waals surface area contributed by atoms with Gasteiger partial charge in [0.2, 0.25) is 0 Å². The van der Waals surface area contributed by atoms with Gasteiger partial charge in [-0.25, -0.2) is 4.98 Å². The molecule has 1 N–H and O–H groups in total. The maximum atomic E-state index is 13.4. The summed E-state index contributed by atoms with van der Waals surface area (Å²) < 4.78 is 41.1. The van der Waals surface area contributed by atoms with Gasteiger partial charge in [0.25, 0.3) is 5.91 Å². The zero-order valence-corrected chi connectivity index (χ0v) is 14.5. The second kappa shape index (κ2) is 6.47. The van der Waals surface area contributed by atoms with Crippen molar-refractivity contribution in [1.29, 1.82) is 0 Å². The highest BCUT2D eigenvalue weighted by Gasteiger charge is 2.41. The normalized spacial score (nSPS) is 12.1. The molecule has 0 bridgehead atoms. The molecule has 0 aliphatic heterocycles. The Balaban J connectivity index is 1.89. The predicted molar refractivity (Wildman–Crippen MR) is 89.5 cm³/mol. The van der Waals surface area contributed by atoms with Gasteiger partial charge in [-0.3, -0.25) is 9.48 Å². The van der Waals surface area contributed by atoms with Crippen LogP contribution in [0.5, 0.6) is 0 Å². The Morgan fingerprint density at radius 2 is 2.00 bits per heavy atom. The SMILES string of the molecule is CC(C)n1ncc(C(=O)N(C)Cc2nc3ccccc3[nH]2)c1C(F)(F)F. The van der Waals surface area contributed by atoms with Gasteiger partial charge in [-0.05, 0) is 26.0 Å². The Morgan fingerprint density at radius 1 is 1.31 bits per heavy atom. The van der Waals surface area contributed by atoms with Crippen molar-refractivity contribution in [2.45, 2.75) is 32.6 Å². The topological polar surface area (TPSA) is 66.8 Å². The molecule has 9 heteroatoms. The molecule has 0 spiro atoms. The van der Waals surface area contributed by atoms with E-state index in [0.717, 1.165) is 21.9 Å². The van der Waals surface area contributed by atoms with Crippen LogP contribution in [-0.4, -0.2) is 37.6 Å². The second-order valence-electron chi connectivity index (χ2n) is 6.30. The standard InChI is InChI=1S/C17H18F3N5O/c1-10(2)25-15(17(18,19)20)11(8-21-25)16(26)24(3)9-14-22-12-6-4-5-7-13(12)23-14/h4-8,10H,9H2,1-3H3,(H,22,23). The molecule has 138 valence electrons. The summed E-state index contributed by atoms with van der Waals surface area (Å²) in [6.07, 6.45) is -3.70. The molecule has 0 saturated carbocycles. The number of benzene rings is 1. The summed E-state index contributed by atoms with van der Waals surface area (Å²) in [5.41, 5.74) is 0.0256. The highest BCUT2D eigenvalue weighted by molar-refractivity contribution is 5.95. The number of alkyl halides is 3. The number of rotatable bonds is 4. The van der Waals surface area contributed by atoms with E-state index in [-0.39, 0.29) is 6.54 Å². The number of carbonyl (C=O) groups excluding carboxylic acids is 1. The first-order chi connectivity index (χ1) is 12.2. The quantitative estimate of drug-likeness (QED) is 0.768. The van der Waals surface area contributed by atoms with Gasteiger partial charge in [0.05, 0.1) is 29.3 Å². The third-order valence-corrected chi connectivity index (χ3v) is 3.96. The van der Waals surface area contributed by atoms with E-state index in [0.29, 0.717) is 5.82 Å². The minimum Gasteiger partial charge on any atom is -0.340 e. The number of imidazole rings is 1. The number of para-hydroxylation sites is 2. The summed E-state index contributed by atoms with van der Waals surface area (Å²) >= 11 is 0. The van der Waals surface area contributed by atoms with Crippen LogP contribution in [0, 0.1) is 0 Å². The summed E-state index contributed by atoms with van der Waals surface area (Å²) in [5, 5.41) is 3.75. The van der Waals surface area contributed by atoms with E-state index in [9.17, 15) is 18.0 Å². The minimum atomic E-state index is -4.67. The number of carbonyl (C=O) groups is 1. The average Bonchev–Trinajstić information content (AvgIpc) is 3.17. The molecule has 0 aliphatic rings. The molecule has 0 saturated heterocycles. The Hall–Kier alpha value is -2.84. The van der Waals surface area contributed by atoms with Crippen LogP contribution >= 0.6 is 0 Å². The van der Waals surface area contributed by atoms with E-state index in [1.54, 1.807) is 13.8 Å². The Morgan fingerprint density at radius 3 is 2.62 bits per heavy atom. The van der Waals surface area contributed by atoms with Crippen LogP contribution in [0.1, 0.15) is 41.8 Å². The fourth-order valence-corrected chi connectivity index (χ4v) is 2.78. The molecular formula is C17H18F3N5O. The first-order valence-electron chi connectivity index (χ1n) is 8.02. The van der Waals surface area contributed by atoms with E-state index in [1.807, 2.05) is 24.3 Å². The lowest BCUT2D eigenvalue weighted by atomic mass is 10.2. The second-order valence-corrected chi connectivity index (χ2v) is 6.30. The highest BCUT2D eigenvalue weighted by Crippen LogP contribution is 2.34. The Bertz CT molecular complexity index is 908. The van der Waals surface area contributed by atoms with E-state index in [4.69, 9.17) is 0 Å². The number of H-pyrrole nitrogens is 1. The van der Waals surface area contributed by atoms with Crippen LogP contribution in [-0.2, 0) is 12.7 Å². The van der Waals surface area contributed by atoms with Gasteiger partial charge in [0.1, 0.15) is 5.82 Å². The van der Waals surface area contributed by atoms with Crippen molar-refractivity contribution in [3.8, 4) is 0 Å². The zero-order chi connectivity index (χ0) is 19.1. The summed E-state index contributed by atoms with van der Waals surface area (Å²) in [4.78, 5) is 21.2. The maximum Gasteiger partial charge on any atom is 0.433 e. The van der Waals surface area contributed by atoms with Crippen LogP contribution in [0.15, 0.2) is 30.5 Å². The lowest BCUT2D eigenvalue weighted by molar-refractivity contribution is -0.145. The van der Waals surface area contributed by atoms with Crippen molar-refractivity contribution in [2.24, 2.45) is 0 Å². The maximum absolute atomic E-state index is 13.4. The van der Waals surface area contributed by atoms with Crippen molar-refractivity contribution < 1.29 is 18.0 Å². The molecule has 1 amide bonds. The fourth-order valence-electron chi connectivity index (χ4n) is 2.78. The number of nitrogens with zero attached hydrogens (tertiary/aromatic N) is 4. The molecule has 0 aliphatic carbocycles. The molecule has 0 atom stereocenters. The van der Waals surface area contributed by atoms with Gasteiger partial charge >= 0.3 is 6.18 Å². The number of nitrogens with one attached hydrogen (secondary N) is 1. The average molecular weight is 365 g/mol. The van der Waals surface area contributed by atoms with Crippen molar-refractivity contribution in [1.82, 2.24) is 24.6 Å². The predicted octanol–water partition coefficient (Wildman–Crippen LogP) is 3.63. The number of aromatic amines is 1. The number of amides is 1. The molecule has 2 aromatic heterocycles. The Labute approximate surface area is 147 Å². The third-order valence-electron chi connectivity index (χ3n) is 3.96. The molecule has 26 heavy (non-hydrogen) atoms. The van der Waals surface area contributed by atoms with Crippen LogP contribution in [0.3, 0.4) is 0 Å². The molecule has 2 heterocycles. The first-order valence-corrected chi connectivity index (χ1v) is 8.02. The van der Waals surface area contributed by atoms with Gasteiger partial charge in [-0.1, -0.05) is 12.1 Å². The summed E-state index contributed by atoms with van der Waals surface area (Å²) in [6, 6.07) is 6.80. The smallest absolute Gasteiger partial charge is 0.340 e. The highest BCUT2D eigenvalue weighted by atomic mass is 19.4. The number of hydrogen-bond acceptors (Lipinski definition) is 3. The van der Waals surface area contributed by atoms with Crippen molar-refractivity contribution >= 4 is 16.9 Å². The monoisotopic (exact) mass is 365 g/mol. The molecule has 6 nitrogen and oxygen atoms in total. The minimum absolute atomic E-state index is 0.0532. The first kappa shape index (κ1) is 18.0. The molecule has 0 radical (unpaired) electrons. The van der Waals surface area contributed by atoms with Gasteiger partial charge < -0.3 is 9.88 Å². The molecule has 3 rings (SSSR count). The largest absolute Gasteiger partial charge is 0.433 e. The number of fused-ring (bicyclic) bond motifs is 1. The van der Waals surface area contributed by atoms with Gasteiger partial charge in [0, 0.05) is 13.1 Å². The summed E-state index contributed by atoms with van der Waals surface area (Å²) in [6.45, 7) is 3.21. The zero-order valence-electron chi connectivity index (χ0n) is 14.5. The molecule has 3 aromatic rings. The van der Waals surface area contributed by atoms with E-state index < -0.39 is 29.4 Å². The van der Waals surface area contributed by atoms with Crippen molar-refractivity contribution in [2.75, 3.05) is 7.05 Å². The molecule has 1 aromatic carbocycles. The van der Waals surface area contributed by atoms with E-state index in [2.05, 4.69) is 15.1 Å². The summed E-state index contributed by atoms with van der Waals surface area (Å²) in [7, 11) is 1.43. The van der Waals surface area contributed by atoms with Crippen molar-refractivity contribution in [3.05, 3.63) is 47.5 Å². The number of hydrogen-bond donors (Lipinski definition) is 1. The fraction of sp³-hybridized carbons (Fsp3) is 0.353. The lowest BCUT2D eigenvalue weighted by Gasteiger charge is -2.18. The Kier molecular flexibility index (Phi) is 4.47. The third kappa shape index (κ3) is 3.29. The van der Waals surface area contributed by atoms with Crippen LogP contribution in [0.2, 0.25) is 0 Å². The molecular weight excluding hydrogens is 347 g/mol. The lowest BCUT2D eigenvalue weighted by Crippen LogP contribution is -2.29. The van der Waals surface area contributed by atoms with Gasteiger partial charge in [-0.2, -0.15) is 18.3 Å². The van der Waals surface area contributed by atoms with Crippen LogP contribution in [0.4, 0.5) is 13.2 Å². The van der Waals surface area contributed by atoms with E-state index in [1.165, 1.54) is 11.9 Å². The number of halogens is 3. The molecule has 0 unspecified atom stereocenters. The van der Waals surface area contributed by atoms with Gasteiger partial charge in [-0.15, -0.1) is 0 Å². The van der Waals surface area contributed by atoms with Crippen LogP contribution < -0.4 is 0 Å². The number of aromatic nitrogens is 4. The van der Waals surface area contributed by atoms with Crippen molar-refractivity contribution in [3.63, 3.8) is 0 Å². The van der Waals surface area contributed by atoms with E-state index >= 15 is 0 Å².